The molecule has 1 saturated heterocycles. The van der Waals surface area contributed by atoms with E-state index in [2.05, 4.69) is 10.4 Å². The highest BCUT2D eigenvalue weighted by atomic mass is 19.1. The van der Waals surface area contributed by atoms with Crippen LogP contribution in [0, 0.1) is 11.7 Å². The zero-order valence-electron chi connectivity index (χ0n) is 21.5. The van der Waals surface area contributed by atoms with E-state index in [0.717, 1.165) is 40.0 Å². The molecule has 4 aliphatic rings. The van der Waals surface area contributed by atoms with Crippen LogP contribution in [-0.4, -0.2) is 56.6 Å². The molecule has 3 aromatic rings. The van der Waals surface area contributed by atoms with Crippen LogP contribution in [0.4, 0.5) is 9.18 Å². The number of imide groups is 1. The highest BCUT2D eigenvalue weighted by molar-refractivity contribution is 6.10. The fraction of sp³-hybridized carbons (Fsp3) is 0.379. The van der Waals surface area contributed by atoms with Gasteiger partial charge in [0.05, 0.1) is 12.2 Å². The van der Waals surface area contributed by atoms with Crippen LogP contribution < -0.4 is 10.1 Å². The molecule has 2 aromatic carbocycles. The molecule has 2 fully saturated rings. The third-order valence-corrected chi connectivity index (χ3v) is 8.50. The summed E-state index contributed by atoms with van der Waals surface area (Å²) >= 11 is 0. The molecule has 1 aromatic heterocycles. The number of carbonyl (C=O) groups is 3. The van der Waals surface area contributed by atoms with E-state index >= 15 is 0 Å². The van der Waals surface area contributed by atoms with Gasteiger partial charge in [-0.25, -0.2) is 9.18 Å². The summed E-state index contributed by atoms with van der Waals surface area (Å²) in [5, 5.41) is 7.15. The topological polar surface area (TPSA) is 96.8 Å². The summed E-state index contributed by atoms with van der Waals surface area (Å²) in [7, 11) is 1.86. The van der Waals surface area contributed by atoms with Crippen molar-refractivity contribution < 1.29 is 23.5 Å². The molecule has 2 aliphatic heterocycles. The Morgan fingerprint density at radius 1 is 1.15 bits per heavy atom. The number of carbonyl (C=O) groups excluding carboxylic acids is 3. The van der Waals surface area contributed by atoms with E-state index < -0.39 is 23.3 Å². The zero-order valence-corrected chi connectivity index (χ0v) is 21.5. The van der Waals surface area contributed by atoms with E-state index in [4.69, 9.17) is 4.74 Å². The molecule has 10 heteroatoms. The Bertz CT molecular complexity index is 1530. The molecule has 1 unspecified atom stereocenters. The van der Waals surface area contributed by atoms with Crippen molar-refractivity contribution in [2.45, 2.75) is 43.8 Å². The molecule has 2 aliphatic carbocycles. The molecule has 0 bridgehead atoms. The average molecular weight is 530 g/mol. The molecule has 0 radical (unpaired) electrons. The van der Waals surface area contributed by atoms with Gasteiger partial charge in [0.1, 0.15) is 30.3 Å². The van der Waals surface area contributed by atoms with Crippen LogP contribution in [0.3, 0.4) is 0 Å². The number of nitrogens with zero attached hydrogens (tertiary/aromatic N) is 4. The van der Waals surface area contributed by atoms with Gasteiger partial charge in [0.2, 0.25) is 5.91 Å². The third-order valence-electron chi connectivity index (χ3n) is 8.50. The molecule has 4 amide bonds. The SMILES string of the molecule is Cn1cc(-c2ccc3c(c2)CCC32NC(=O)N(CC(=O)N3Cc4cc(F)ccc4OC[C@H]3C3CC3)C2=O)cn1. The first-order valence-electron chi connectivity index (χ1n) is 13.3. The van der Waals surface area contributed by atoms with Gasteiger partial charge in [-0.2, -0.15) is 5.10 Å². The number of hydrogen-bond acceptors (Lipinski definition) is 5. The predicted octanol–water partition coefficient (Wildman–Crippen LogP) is 3.12. The molecule has 200 valence electrons. The summed E-state index contributed by atoms with van der Waals surface area (Å²) in [4.78, 5) is 43.3. The van der Waals surface area contributed by atoms with Gasteiger partial charge in [-0.3, -0.25) is 19.2 Å². The van der Waals surface area contributed by atoms with E-state index in [1.807, 2.05) is 31.4 Å². The second kappa shape index (κ2) is 8.65. The molecule has 1 spiro atoms. The summed E-state index contributed by atoms with van der Waals surface area (Å²) in [6, 6.07) is 9.42. The number of hydrogen-bond donors (Lipinski definition) is 1. The first-order chi connectivity index (χ1) is 18.8. The van der Waals surface area contributed by atoms with Crippen molar-refractivity contribution >= 4 is 17.8 Å². The lowest BCUT2D eigenvalue weighted by Crippen LogP contribution is -2.49. The first-order valence-corrected chi connectivity index (χ1v) is 13.3. The molecule has 1 saturated carbocycles. The largest absolute Gasteiger partial charge is 0.491 e. The second-order valence-electron chi connectivity index (χ2n) is 11.0. The maximum absolute atomic E-state index is 14.0. The van der Waals surface area contributed by atoms with Crippen molar-refractivity contribution in [3.05, 3.63) is 71.3 Å². The van der Waals surface area contributed by atoms with Crippen LogP contribution in [0.25, 0.3) is 11.1 Å². The summed E-state index contributed by atoms with van der Waals surface area (Å²) < 4.78 is 21.7. The molecule has 1 N–H and O–H groups in total. The summed E-state index contributed by atoms with van der Waals surface area (Å²) in [6.07, 6.45) is 6.74. The zero-order chi connectivity index (χ0) is 26.9. The monoisotopic (exact) mass is 529 g/mol. The Morgan fingerprint density at radius 3 is 2.77 bits per heavy atom. The minimum absolute atomic E-state index is 0.168. The molecular weight excluding hydrogens is 501 g/mol. The number of fused-ring (bicyclic) bond motifs is 3. The van der Waals surface area contributed by atoms with Gasteiger partial charge in [-0.05, 0) is 66.5 Å². The van der Waals surface area contributed by atoms with E-state index in [-0.39, 0.29) is 25.0 Å². The molecule has 7 rings (SSSR count). The number of nitrogens with one attached hydrogen (secondary N) is 1. The minimum Gasteiger partial charge on any atom is -0.491 e. The lowest BCUT2D eigenvalue weighted by molar-refractivity contribution is -0.141. The fourth-order valence-corrected chi connectivity index (χ4v) is 6.29. The molecule has 9 nitrogen and oxygen atoms in total. The standard InChI is InChI=1S/C29H28FN5O4/c1-33-13-21(12-31-33)18-4-6-23-19(10-18)8-9-29(23)27(37)35(28(38)32-29)15-26(36)34-14-20-11-22(30)5-7-25(20)39-16-24(34)17-2-3-17/h4-7,10-13,17,24H,2-3,8-9,14-16H2,1H3,(H,32,38)/t24-,29?/m0/s1. The van der Waals surface area contributed by atoms with Crippen LogP contribution in [0.15, 0.2) is 48.8 Å². The van der Waals surface area contributed by atoms with Crippen molar-refractivity contribution in [3.8, 4) is 16.9 Å². The highest BCUT2D eigenvalue weighted by Crippen LogP contribution is 2.43. The number of rotatable bonds is 4. The molecular formula is C29H28FN5O4. The minimum atomic E-state index is -1.17. The smallest absolute Gasteiger partial charge is 0.325 e. The highest BCUT2D eigenvalue weighted by Gasteiger charge is 2.56. The van der Waals surface area contributed by atoms with Crippen LogP contribution >= 0.6 is 0 Å². The van der Waals surface area contributed by atoms with Gasteiger partial charge < -0.3 is 15.0 Å². The number of aryl methyl sites for hydroxylation is 2. The van der Waals surface area contributed by atoms with Crippen LogP contribution in [-0.2, 0) is 35.1 Å². The number of amides is 4. The summed E-state index contributed by atoms with van der Waals surface area (Å²) in [6.45, 7) is 0.0942. The predicted molar refractivity (Wildman–Crippen MR) is 138 cm³/mol. The molecule has 39 heavy (non-hydrogen) atoms. The first kappa shape index (κ1) is 23.9. The maximum Gasteiger partial charge on any atom is 0.325 e. The van der Waals surface area contributed by atoms with Crippen LogP contribution in [0.2, 0.25) is 0 Å². The molecule has 2 atom stereocenters. The summed E-state index contributed by atoms with van der Waals surface area (Å²) in [5.74, 6) is -0.317. The van der Waals surface area contributed by atoms with Crippen molar-refractivity contribution in [2.75, 3.05) is 13.2 Å². The average Bonchev–Trinajstić information content (AvgIpc) is 3.55. The normalized spacial score (nSPS) is 23.9. The lowest BCUT2D eigenvalue weighted by Gasteiger charge is -2.30. The van der Waals surface area contributed by atoms with Gasteiger partial charge in [-0.1, -0.05) is 18.2 Å². The van der Waals surface area contributed by atoms with Crippen molar-refractivity contribution in [1.29, 1.82) is 0 Å². The lowest BCUT2D eigenvalue weighted by atomic mass is 9.90. The van der Waals surface area contributed by atoms with Gasteiger partial charge in [0, 0.05) is 30.9 Å². The van der Waals surface area contributed by atoms with Crippen LogP contribution in [0.5, 0.6) is 5.75 Å². The van der Waals surface area contributed by atoms with E-state index in [1.165, 1.54) is 12.1 Å². The Labute approximate surface area is 224 Å². The Hall–Kier alpha value is -4.21. The molecule has 3 heterocycles. The number of benzene rings is 2. The number of urea groups is 1. The van der Waals surface area contributed by atoms with Crippen LogP contribution in [0.1, 0.15) is 36.0 Å². The van der Waals surface area contributed by atoms with Gasteiger partial charge in [0.15, 0.2) is 0 Å². The Kier molecular flexibility index (Phi) is 5.30. The van der Waals surface area contributed by atoms with Gasteiger partial charge >= 0.3 is 6.03 Å². The van der Waals surface area contributed by atoms with E-state index in [9.17, 15) is 18.8 Å². The quantitative estimate of drug-likeness (QED) is 0.524. The van der Waals surface area contributed by atoms with Crippen molar-refractivity contribution in [1.82, 2.24) is 24.9 Å². The Balaban J connectivity index is 1.14. The van der Waals surface area contributed by atoms with Gasteiger partial charge in [0.25, 0.3) is 5.91 Å². The Morgan fingerprint density at radius 2 is 2.00 bits per heavy atom. The third kappa shape index (κ3) is 3.88. The van der Waals surface area contributed by atoms with Crippen molar-refractivity contribution in [2.24, 2.45) is 13.0 Å². The van der Waals surface area contributed by atoms with Crippen molar-refractivity contribution in [3.63, 3.8) is 0 Å². The van der Waals surface area contributed by atoms with Gasteiger partial charge in [-0.15, -0.1) is 0 Å². The second-order valence-corrected chi connectivity index (χ2v) is 11.0. The van der Waals surface area contributed by atoms with E-state index in [0.29, 0.717) is 36.7 Å². The van der Waals surface area contributed by atoms with E-state index in [1.54, 1.807) is 21.8 Å². The summed E-state index contributed by atoms with van der Waals surface area (Å²) in [5.41, 5.74) is 3.14. The number of ether oxygens (including phenoxy) is 1. The maximum atomic E-state index is 14.0. The fourth-order valence-electron chi connectivity index (χ4n) is 6.29. The number of aromatic nitrogens is 2. The number of halogens is 1.